The van der Waals surface area contributed by atoms with Gasteiger partial charge in [0.2, 0.25) is 0 Å². The first-order valence-electron chi connectivity index (χ1n) is 16.2. The molecule has 0 heterocycles. The second-order valence-electron chi connectivity index (χ2n) is 13.9. The Balaban J connectivity index is 0.000000585. The van der Waals surface area contributed by atoms with E-state index < -0.39 is 0 Å². The van der Waals surface area contributed by atoms with Gasteiger partial charge in [0.25, 0.3) is 0 Å². The summed E-state index contributed by atoms with van der Waals surface area (Å²) in [7, 11) is 0. The zero-order valence-electron chi connectivity index (χ0n) is 29.5. The Morgan fingerprint density at radius 1 is 0.700 bits per heavy atom. The van der Waals surface area contributed by atoms with Crippen LogP contribution in [0.25, 0.3) is 0 Å². The van der Waals surface area contributed by atoms with Crippen LogP contribution in [-0.2, 0) is 0 Å². The van der Waals surface area contributed by atoms with Gasteiger partial charge in [-0.25, -0.2) is 0 Å². The van der Waals surface area contributed by atoms with Gasteiger partial charge in [-0.15, -0.1) is 0 Å². The number of hydrogen-bond acceptors (Lipinski definition) is 0. The Morgan fingerprint density at radius 3 is 1.70 bits per heavy atom. The van der Waals surface area contributed by atoms with Gasteiger partial charge >= 0.3 is 0 Å². The van der Waals surface area contributed by atoms with Crippen molar-refractivity contribution in [2.45, 2.75) is 161 Å². The molecule has 0 N–H and O–H groups in total. The van der Waals surface area contributed by atoms with Crippen molar-refractivity contribution in [1.82, 2.24) is 0 Å². The van der Waals surface area contributed by atoms with Crippen LogP contribution >= 0.6 is 0 Å². The van der Waals surface area contributed by atoms with Gasteiger partial charge in [-0.3, -0.25) is 0 Å². The molecule has 0 bridgehead atoms. The minimum atomic E-state index is 0.368. The molecule has 0 atom stereocenters. The van der Waals surface area contributed by atoms with Gasteiger partial charge in [-0.05, 0) is 150 Å². The van der Waals surface area contributed by atoms with Gasteiger partial charge < -0.3 is 0 Å². The van der Waals surface area contributed by atoms with E-state index in [4.69, 9.17) is 0 Å². The first kappa shape index (κ1) is 38.2. The lowest BCUT2D eigenvalue weighted by Crippen LogP contribution is -2.20. The van der Waals surface area contributed by atoms with Crippen molar-refractivity contribution in [2.75, 3.05) is 0 Å². The summed E-state index contributed by atoms with van der Waals surface area (Å²) in [4.78, 5) is 0. The number of hydrogen-bond donors (Lipinski definition) is 0. The van der Waals surface area contributed by atoms with Crippen LogP contribution in [0.1, 0.15) is 161 Å². The van der Waals surface area contributed by atoms with E-state index in [-0.39, 0.29) is 0 Å². The van der Waals surface area contributed by atoms with Crippen LogP contribution in [0, 0.1) is 10.8 Å². The molecular formula is C40H68. The fourth-order valence-corrected chi connectivity index (χ4v) is 5.75. The van der Waals surface area contributed by atoms with Crippen LogP contribution in [-0.4, -0.2) is 0 Å². The molecule has 0 aromatic heterocycles. The molecule has 0 unspecified atom stereocenters. The molecule has 0 heteroatoms. The van der Waals surface area contributed by atoms with Gasteiger partial charge in [0.15, 0.2) is 0 Å². The Kier molecular flexibility index (Phi) is 18.4. The fourth-order valence-electron chi connectivity index (χ4n) is 5.75. The number of allylic oxidation sites excluding steroid dienone is 14. The molecule has 0 aliphatic heterocycles. The van der Waals surface area contributed by atoms with Gasteiger partial charge in [-0.2, -0.15) is 0 Å². The lowest BCUT2D eigenvalue weighted by molar-refractivity contribution is 0.354. The third-order valence-electron chi connectivity index (χ3n) is 9.04. The van der Waals surface area contributed by atoms with Crippen molar-refractivity contribution < 1.29 is 0 Å². The molecule has 0 fully saturated rings. The van der Waals surface area contributed by atoms with Crippen molar-refractivity contribution in [2.24, 2.45) is 10.8 Å². The quantitative estimate of drug-likeness (QED) is 0.209. The maximum absolute atomic E-state index is 2.41. The molecule has 0 aromatic carbocycles. The minimum Gasteiger partial charge on any atom is -0.0887 e. The van der Waals surface area contributed by atoms with Crippen LogP contribution in [0.2, 0.25) is 0 Å². The molecule has 2 rings (SSSR count). The highest BCUT2D eigenvalue weighted by atomic mass is 14.3. The van der Waals surface area contributed by atoms with E-state index in [9.17, 15) is 0 Å². The minimum absolute atomic E-state index is 0.368. The molecule has 0 saturated heterocycles. The smallest absolute Gasteiger partial charge is 0.0104 e. The second kappa shape index (κ2) is 19.3. The van der Waals surface area contributed by atoms with Gasteiger partial charge in [0, 0.05) is 0 Å². The van der Waals surface area contributed by atoms with Crippen LogP contribution in [0.4, 0.5) is 0 Å². The third kappa shape index (κ3) is 15.3. The van der Waals surface area contributed by atoms with Crippen LogP contribution < -0.4 is 0 Å². The molecule has 0 nitrogen and oxygen atoms in total. The SMILES string of the molecule is C/C=C(C)/C=C/C1=C(C)CCCC1(C)C.C/C=C(\C)CCC1=C(C)CCCC1(C)C.C/C=C(\C)CCC=C(C)C. The molecule has 2 aliphatic rings. The first-order valence-corrected chi connectivity index (χ1v) is 16.2. The highest BCUT2D eigenvalue weighted by Crippen LogP contribution is 2.43. The van der Waals surface area contributed by atoms with E-state index in [1.54, 1.807) is 22.3 Å². The third-order valence-corrected chi connectivity index (χ3v) is 9.04. The average molecular weight is 549 g/mol. The summed E-state index contributed by atoms with van der Waals surface area (Å²) in [5.74, 6) is 0. The maximum Gasteiger partial charge on any atom is -0.0104 e. The summed E-state index contributed by atoms with van der Waals surface area (Å²) in [6.45, 7) is 31.4. The monoisotopic (exact) mass is 549 g/mol. The average Bonchev–Trinajstić information content (AvgIpc) is 2.87. The van der Waals surface area contributed by atoms with E-state index in [0.717, 1.165) is 0 Å². The first-order chi connectivity index (χ1) is 18.6. The van der Waals surface area contributed by atoms with Crippen molar-refractivity contribution in [3.05, 3.63) is 81.0 Å². The Morgan fingerprint density at radius 2 is 1.23 bits per heavy atom. The van der Waals surface area contributed by atoms with Crippen LogP contribution in [0.5, 0.6) is 0 Å². The molecule has 228 valence electrons. The van der Waals surface area contributed by atoms with E-state index in [1.807, 2.05) is 0 Å². The topological polar surface area (TPSA) is 0 Å². The predicted molar refractivity (Wildman–Crippen MR) is 186 cm³/mol. The highest BCUT2D eigenvalue weighted by Gasteiger charge is 2.28. The maximum atomic E-state index is 2.41. The number of rotatable bonds is 8. The van der Waals surface area contributed by atoms with Gasteiger partial charge in [0.05, 0.1) is 0 Å². The molecule has 0 saturated carbocycles. The van der Waals surface area contributed by atoms with Gasteiger partial charge in [-0.1, -0.05) is 103 Å². The lowest BCUT2D eigenvalue weighted by atomic mass is 9.71. The molecule has 0 aromatic rings. The molecule has 2 aliphatic carbocycles. The predicted octanol–water partition coefficient (Wildman–Crippen LogP) is 14.0. The highest BCUT2D eigenvalue weighted by molar-refractivity contribution is 5.35. The van der Waals surface area contributed by atoms with Crippen molar-refractivity contribution in [3.8, 4) is 0 Å². The van der Waals surface area contributed by atoms with E-state index in [0.29, 0.717) is 10.8 Å². The van der Waals surface area contributed by atoms with Crippen LogP contribution in [0.3, 0.4) is 0 Å². The second-order valence-corrected chi connectivity index (χ2v) is 13.9. The zero-order chi connectivity index (χ0) is 30.9. The lowest BCUT2D eigenvalue weighted by Gasteiger charge is -2.34. The summed E-state index contributed by atoms with van der Waals surface area (Å²) in [6, 6.07) is 0. The Hall–Kier alpha value is -1.82. The summed E-state index contributed by atoms with van der Waals surface area (Å²) in [5, 5.41) is 0. The standard InChI is InChI=1S/C15H26.C15H24.C10H18/c2*1-6-12(2)9-10-14-13(3)8-7-11-15(14,4)5;1-5-10(4)8-6-7-9(2)3/h6H,7-11H2,1-5H3;6,9-10H,7-8,11H2,1-5H3;5,7H,6,8H2,1-4H3/b12-6+;10-9+,12-6+;10-5+. The zero-order valence-corrected chi connectivity index (χ0v) is 29.5. The Bertz CT molecular complexity index is 971. The van der Waals surface area contributed by atoms with E-state index >= 15 is 0 Å². The van der Waals surface area contributed by atoms with E-state index in [2.05, 4.69) is 133 Å². The molecule has 0 amide bonds. The van der Waals surface area contributed by atoms with E-state index in [1.165, 1.54) is 86.5 Å². The largest absolute Gasteiger partial charge is 0.0887 e. The fraction of sp³-hybridized carbons (Fsp3) is 0.650. The van der Waals surface area contributed by atoms with Crippen LogP contribution in [0.15, 0.2) is 81.0 Å². The van der Waals surface area contributed by atoms with Crippen molar-refractivity contribution in [3.63, 3.8) is 0 Å². The molecule has 40 heavy (non-hydrogen) atoms. The Labute approximate surface area is 252 Å². The summed E-state index contributed by atoms with van der Waals surface area (Å²) >= 11 is 0. The summed E-state index contributed by atoms with van der Waals surface area (Å²) in [5.41, 5.74) is 13.1. The summed E-state index contributed by atoms with van der Waals surface area (Å²) in [6.07, 6.45) is 26.4. The molecular weight excluding hydrogens is 480 g/mol. The molecule has 0 radical (unpaired) electrons. The van der Waals surface area contributed by atoms with Crippen molar-refractivity contribution in [1.29, 1.82) is 0 Å². The summed E-state index contributed by atoms with van der Waals surface area (Å²) < 4.78 is 0. The van der Waals surface area contributed by atoms with Gasteiger partial charge in [0.1, 0.15) is 0 Å². The van der Waals surface area contributed by atoms with Crippen molar-refractivity contribution >= 4 is 0 Å². The normalized spacial score (nSPS) is 19.6. The molecule has 0 spiro atoms.